The average molecular weight is 472 g/mol. The van der Waals surface area contributed by atoms with Gasteiger partial charge in [-0.2, -0.15) is 17.9 Å². The van der Waals surface area contributed by atoms with Crippen LogP contribution in [0.2, 0.25) is 5.02 Å². The molecule has 3 rings (SSSR count). The SMILES string of the molecule is CCOc1ccccc1-n1nnnc1SC(C)C(=O)Nc1ccc(Cl)cc1C(F)(F)F. The number of alkyl halides is 3. The first-order valence-corrected chi connectivity index (χ1v) is 10.3. The number of carbonyl (C=O) groups excluding carboxylic acids is 1. The highest BCUT2D eigenvalue weighted by molar-refractivity contribution is 8.00. The monoisotopic (exact) mass is 471 g/mol. The first-order valence-electron chi connectivity index (χ1n) is 9.05. The van der Waals surface area contributed by atoms with Crippen LogP contribution in [0.3, 0.4) is 0 Å². The number of carbonyl (C=O) groups is 1. The second-order valence-corrected chi connectivity index (χ2v) is 7.96. The Labute approximate surface area is 184 Å². The van der Waals surface area contributed by atoms with Crippen LogP contribution >= 0.6 is 23.4 Å². The number of ether oxygens (including phenoxy) is 1. The van der Waals surface area contributed by atoms with Gasteiger partial charge in [-0.3, -0.25) is 4.79 Å². The van der Waals surface area contributed by atoms with Gasteiger partial charge in [0.15, 0.2) is 0 Å². The van der Waals surface area contributed by atoms with Crippen LogP contribution < -0.4 is 10.1 Å². The number of thioether (sulfide) groups is 1. The van der Waals surface area contributed by atoms with E-state index in [-0.39, 0.29) is 15.9 Å². The van der Waals surface area contributed by atoms with Gasteiger partial charge in [-0.1, -0.05) is 35.5 Å². The molecule has 1 unspecified atom stereocenters. The zero-order valence-electron chi connectivity index (χ0n) is 16.4. The molecule has 164 valence electrons. The highest BCUT2D eigenvalue weighted by Crippen LogP contribution is 2.37. The molecular formula is C19H17ClF3N5O2S. The molecule has 1 atom stereocenters. The number of rotatable bonds is 7. The topological polar surface area (TPSA) is 81.9 Å². The van der Waals surface area contributed by atoms with Gasteiger partial charge in [-0.25, -0.2) is 0 Å². The van der Waals surface area contributed by atoms with E-state index >= 15 is 0 Å². The predicted octanol–water partition coefficient (Wildman–Crippen LogP) is 4.85. The van der Waals surface area contributed by atoms with E-state index in [1.807, 2.05) is 6.92 Å². The maximum absolute atomic E-state index is 13.3. The fourth-order valence-corrected chi connectivity index (χ4v) is 3.59. The number of hydrogen-bond donors (Lipinski definition) is 1. The Morgan fingerprint density at radius 2 is 2.03 bits per heavy atom. The summed E-state index contributed by atoms with van der Waals surface area (Å²) in [5.41, 5.74) is -0.835. The van der Waals surface area contributed by atoms with E-state index in [0.717, 1.165) is 23.9 Å². The van der Waals surface area contributed by atoms with Gasteiger partial charge in [0.05, 0.1) is 23.1 Å². The van der Waals surface area contributed by atoms with Crippen LogP contribution in [0.25, 0.3) is 5.69 Å². The van der Waals surface area contributed by atoms with E-state index in [0.29, 0.717) is 18.0 Å². The average Bonchev–Trinajstić information content (AvgIpc) is 3.17. The molecule has 31 heavy (non-hydrogen) atoms. The second-order valence-electron chi connectivity index (χ2n) is 6.21. The lowest BCUT2D eigenvalue weighted by Gasteiger charge is -2.16. The standard InChI is InChI=1S/C19H17ClF3N5O2S/c1-3-30-16-7-5-4-6-15(16)28-18(25-26-27-28)31-11(2)17(29)24-14-9-8-12(20)10-13(14)19(21,22)23/h4-11H,3H2,1-2H3,(H,24,29). The number of hydrogen-bond acceptors (Lipinski definition) is 6. The lowest BCUT2D eigenvalue weighted by atomic mass is 10.1. The zero-order chi connectivity index (χ0) is 22.6. The molecule has 0 saturated heterocycles. The van der Waals surface area contributed by atoms with Crippen LogP contribution in [0.4, 0.5) is 18.9 Å². The van der Waals surface area contributed by atoms with Gasteiger partial charge in [0.1, 0.15) is 11.4 Å². The van der Waals surface area contributed by atoms with Crippen molar-refractivity contribution in [3.63, 3.8) is 0 Å². The van der Waals surface area contributed by atoms with Crippen molar-refractivity contribution in [2.45, 2.75) is 30.4 Å². The molecule has 0 aliphatic rings. The number of tetrazole rings is 1. The Bertz CT molecular complexity index is 1080. The van der Waals surface area contributed by atoms with Crippen LogP contribution in [-0.2, 0) is 11.0 Å². The highest BCUT2D eigenvalue weighted by Gasteiger charge is 2.34. The summed E-state index contributed by atoms with van der Waals surface area (Å²) in [7, 11) is 0. The zero-order valence-corrected chi connectivity index (χ0v) is 17.9. The molecule has 1 N–H and O–H groups in total. The minimum atomic E-state index is -4.67. The summed E-state index contributed by atoms with van der Waals surface area (Å²) in [6.45, 7) is 3.81. The number of aromatic nitrogens is 4. The summed E-state index contributed by atoms with van der Waals surface area (Å²) in [5, 5.41) is 13.2. The van der Waals surface area contributed by atoms with Crippen LogP contribution in [0, 0.1) is 0 Å². The number of nitrogens with zero attached hydrogens (tertiary/aromatic N) is 4. The van der Waals surface area contributed by atoms with Gasteiger partial charge < -0.3 is 10.1 Å². The fourth-order valence-electron chi connectivity index (χ4n) is 2.62. The van der Waals surface area contributed by atoms with Crippen molar-refractivity contribution in [1.82, 2.24) is 20.2 Å². The van der Waals surface area contributed by atoms with Crippen molar-refractivity contribution in [2.24, 2.45) is 0 Å². The van der Waals surface area contributed by atoms with E-state index < -0.39 is 22.9 Å². The Morgan fingerprint density at radius 1 is 1.29 bits per heavy atom. The number of anilines is 1. The van der Waals surface area contributed by atoms with Crippen LogP contribution in [0.15, 0.2) is 47.6 Å². The smallest absolute Gasteiger partial charge is 0.418 e. The maximum Gasteiger partial charge on any atom is 0.418 e. The van der Waals surface area contributed by atoms with E-state index in [4.69, 9.17) is 16.3 Å². The summed E-state index contributed by atoms with van der Waals surface area (Å²) in [6, 6.07) is 10.2. The van der Waals surface area contributed by atoms with Gasteiger partial charge in [-0.15, -0.1) is 5.10 Å². The molecule has 0 aliphatic carbocycles. The van der Waals surface area contributed by atoms with Crippen molar-refractivity contribution >= 4 is 35.0 Å². The Kier molecular flexibility index (Phi) is 7.06. The van der Waals surface area contributed by atoms with Gasteiger partial charge in [-0.05, 0) is 54.6 Å². The van der Waals surface area contributed by atoms with Crippen molar-refractivity contribution < 1.29 is 22.7 Å². The minimum absolute atomic E-state index is 0.0834. The molecule has 0 saturated carbocycles. The first kappa shape index (κ1) is 22.9. The molecule has 12 heteroatoms. The molecule has 0 bridgehead atoms. The van der Waals surface area contributed by atoms with Crippen molar-refractivity contribution in [2.75, 3.05) is 11.9 Å². The highest BCUT2D eigenvalue weighted by atomic mass is 35.5. The molecule has 0 fully saturated rings. The maximum atomic E-state index is 13.3. The van der Waals surface area contributed by atoms with E-state index in [1.165, 1.54) is 17.7 Å². The first-order chi connectivity index (χ1) is 14.7. The van der Waals surface area contributed by atoms with E-state index in [2.05, 4.69) is 20.8 Å². The molecule has 3 aromatic rings. The van der Waals surface area contributed by atoms with Gasteiger partial charge >= 0.3 is 6.18 Å². The number of para-hydroxylation sites is 2. The van der Waals surface area contributed by atoms with Gasteiger partial charge in [0.25, 0.3) is 0 Å². The van der Waals surface area contributed by atoms with Crippen LogP contribution in [0.1, 0.15) is 19.4 Å². The predicted molar refractivity (Wildman–Crippen MR) is 111 cm³/mol. The third-order valence-corrected chi connectivity index (χ3v) is 5.30. The molecular weight excluding hydrogens is 455 g/mol. The third kappa shape index (κ3) is 5.47. The van der Waals surface area contributed by atoms with Crippen LogP contribution in [-0.4, -0.2) is 38.0 Å². The molecule has 1 aromatic heterocycles. The quantitative estimate of drug-likeness (QED) is 0.496. The Morgan fingerprint density at radius 3 is 2.74 bits per heavy atom. The van der Waals surface area contributed by atoms with E-state index in [1.54, 1.807) is 24.3 Å². The summed E-state index contributed by atoms with van der Waals surface area (Å²) < 4.78 is 46.8. The van der Waals surface area contributed by atoms with Crippen LogP contribution in [0.5, 0.6) is 5.75 Å². The lowest BCUT2D eigenvalue weighted by molar-refractivity contribution is -0.137. The molecule has 1 amide bonds. The summed E-state index contributed by atoms with van der Waals surface area (Å²) in [4.78, 5) is 12.6. The molecule has 0 aliphatic heterocycles. The number of amides is 1. The number of nitrogens with one attached hydrogen (secondary N) is 1. The summed E-state index contributed by atoms with van der Waals surface area (Å²) in [6.07, 6.45) is -4.67. The molecule has 0 radical (unpaired) electrons. The third-order valence-electron chi connectivity index (χ3n) is 4.03. The van der Waals surface area contributed by atoms with Gasteiger partial charge in [0.2, 0.25) is 11.1 Å². The molecule has 1 heterocycles. The summed E-state index contributed by atoms with van der Waals surface area (Å²) in [5.74, 6) is -0.0993. The van der Waals surface area contributed by atoms with E-state index in [9.17, 15) is 18.0 Å². The fraction of sp³-hybridized carbons (Fsp3) is 0.263. The molecule has 0 spiro atoms. The molecule has 2 aromatic carbocycles. The number of benzene rings is 2. The van der Waals surface area contributed by atoms with Crippen molar-refractivity contribution in [3.05, 3.63) is 53.1 Å². The normalized spacial score (nSPS) is 12.5. The number of halogens is 4. The molecule has 7 nitrogen and oxygen atoms in total. The largest absolute Gasteiger partial charge is 0.492 e. The second kappa shape index (κ2) is 9.56. The minimum Gasteiger partial charge on any atom is -0.492 e. The Hall–Kier alpha value is -2.79. The summed E-state index contributed by atoms with van der Waals surface area (Å²) >= 11 is 6.67. The van der Waals surface area contributed by atoms with Crippen molar-refractivity contribution in [1.29, 1.82) is 0 Å². The Balaban J connectivity index is 1.80. The lowest BCUT2D eigenvalue weighted by Crippen LogP contribution is -2.24. The van der Waals surface area contributed by atoms with Crippen molar-refractivity contribution in [3.8, 4) is 11.4 Å². The van der Waals surface area contributed by atoms with Gasteiger partial charge in [0, 0.05) is 5.02 Å².